The van der Waals surface area contributed by atoms with E-state index < -0.39 is 0 Å². The molecule has 1 heterocycles. The van der Waals surface area contributed by atoms with Crippen LogP contribution in [0.15, 0.2) is 30.6 Å². The van der Waals surface area contributed by atoms with Gasteiger partial charge in [-0.25, -0.2) is 9.37 Å². The number of hydrogen-bond acceptors (Lipinski definition) is 2. The Morgan fingerprint density at radius 1 is 1.44 bits per heavy atom. The molecule has 16 heavy (non-hydrogen) atoms. The van der Waals surface area contributed by atoms with Gasteiger partial charge >= 0.3 is 0 Å². The van der Waals surface area contributed by atoms with Gasteiger partial charge in [-0.2, -0.15) is 0 Å². The molecule has 4 heteroatoms. The average molecular weight is 219 g/mol. The van der Waals surface area contributed by atoms with Gasteiger partial charge in [0.05, 0.1) is 5.69 Å². The summed E-state index contributed by atoms with van der Waals surface area (Å²) >= 11 is 0. The Labute approximate surface area is 93.7 Å². The molecule has 2 N–H and O–H groups in total. The predicted molar refractivity (Wildman–Crippen MR) is 60.9 cm³/mol. The van der Waals surface area contributed by atoms with Crippen molar-refractivity contribution < 1.29 is 4.39 Å². The Morgan fingerprint density at radius 3 is 2.75 bits per heavy atom. The summed E-state index contributed by atoms with van der Waals surface area (Å²) in [6.45, 7) is 3.64. The molecule has 0 radical (unpaired) electrons. The summed E-state index contributed by atoms with van der Waals surface area (Å²) in [6.07, 6.45) is 3.49. The highest BCUT2D eigenvalue weighted by Gasteiger charge is 2.14. The van der Waals surface area contributed by atoms with E-state index in [9.17, 15) is 4.39 Å². The fourth-order valence-electron chi connectivity index (χ4n) is 1.82. The lowest BCUT2D eigenvalue weighted by Crippen LogP contribution is -2.12. The van der Waals surface area contributed by atoms with E-state index >= 15 is 0 Å². The zero-order valence-corrected chi connectivity index (χ0v) is 9.31. The van der Waals surface area contributed by atoms with Crippen molar-refractivity contribution in [3.8, 4) is 5.69 Å². The monoisotopic (exact) mass is 219 g/mol. The fourth-order valence-corrected chi connectivity index (χ4v) is 1.82. The van der Waals surface area contributed by atoms with Crippen LogP contribution in [-0.4, -0.2) is 9.55 Å². The van der Waals surface area contributed by atoms with E-state index in [1.807, 2.05) is 17.6 Å². The third-order valence-corrected chi connectivity index (χ3v) is 2.57. The van der Waals surface area contributed by atoms with Gasteiger partial charge in [0, 0.05) is 24.0 Å². The largest absolute Gasteiger partial charge is 0.324 e. The lowest BCUT2D eigenvalue weighted by molar-refractivity contribution is 0.591. The highest BCUT2D eigenvalue weighted by molar-refractivity contribution is 5.44. The van der Waals surface area contributed by atoms with E-state index in [2.05, 4.69) is 4.98 Å². The second-order valence-corrected chi connectivity index (χ2v) is 3.81. The number of halogens is 1. The predicted octanol–water partition coefficient (Wildman–Crippen LogP) is 2.34. The molecule has 0 amide bonds. The Morgan fingerprint density at radius 2 is 2.19 bits per heavy atom. The maximum Gasteiger partial charge on any atom is 0.130 e. The number of aromatic nitrogens is 2. The van der Waals surface area contributed by atoms with Crippen molar-refractivity contribution >= 4 is 0 Å². The van der Waals surface area contributed by atoms with Crippen molar-refractivity contribution in [3.05, 3.63) is 47.8 Å². The van der Waals surface area contributed by atoms with Crippen molar-refractivity contribution in [3.63, 3.8) is 0 Å². The molecule has 1 aromatic heterocycles. The van der Waals surface area contributed by atoms with E-state index in [-0.39, 0.29) is 11.9 Å². The van der Waals surface area contributed by atoms with Gasteiger partial charge in [-0.15, -0.1) is 0 Å². The summed E-state index contributed by atoms with van der Waals surface area (Å²) in [5.41, 5.74) is 7.07. The zero-order valence-electron chi connectivity index (χ0n) is 9.31. The van der Waals surface area contributed by atoms with Crippen molar-refractivity contribution in [2.75, 3.05) is 0 Å². The maximum atomic E-state index is 13.7. The first-order chi connectivity index (χ1) is 7.61. The van der Waals surface area contributed by atoms with Crippen LogP contribution in [0.25, 0.3) is 5.69 Å². The molecule has 2 aromatic rings. The van der Waals surface area contributed by atoms with Gasteiger partial charge in [0.2, 0.25) is 0 Å². The van der Waals surface area contributed by atoms with E-state index in [1.54, 1.807) is 25.4 Å². The maximum absolute atomic E-state index is 13.7. The molecule has 3 nitrogen and oxygen atoms in total. The number of aryl methyl sites for hydroxylation is 1. The van der Waals surface area contributed by atoms with Gasteiger partial charge in [-0.05, 0) is 26.0 Å². The summed E-state index contributed by atoms with van der Waals surface area (Å²) in [5, 5.41) is 0. The quantitative estimate of drug-likeness (QED) is 0.842. The van der Waals surface area contributed by atoms with E-state index in [0.29, 0.717) is 5.56 Å². The molecule has 0 fully saturated rings. The van der Waals surface area contributed by atoms with Crippen LogP contribution in [0.3, 0.4) is 0 Å². The third-order valence-electron chi connectivity index (χ3n) is 2.57. The number of nitrogens with zero attached hydrogens (tertiary/aromatic N) is 2. The Kier molecular flexibility index (Phi) is 2.75. The molecule has 84 valence electrons. The summed E-state index contributed by atoms with van der Waals surface area (Å²) in [4.78, 5) is 4.12. The van der Waals surface area contributed by atoms with Gasteiger partial charge in [-0.1, -0.05) is 6.07 Å². The van der Waals surface area contributed by atoms with Gasteiger partial charge in [-0.3, -0.25) is 0 Å². The highest BCUT2D eigenvalue weighted by Crippen LogP contribution is 2.24. The van der Waals surface area contributed by atoms with E-state index in [4.69, 9.17) is 5.73 Å². The molecule has 0 aliphatic heterocycles. The molecule has 2 rings (SSSR count). The second kappa shape index (κ2) is 4.06. The van der Waals surface area contributed by atoms with Gasteiger partial charge in [0.25, 0.3) is 0 Å². The number of hydrogen-bond donors (Lipinski definition) is 1. The third kappa shape index (κ3) is 1.72. The lowest BCUT2D eigenvalue weighted by atomic mass is 10.1. The first kappa shape index (κ1) is 10.8. The number of benzene rings is 1. The Hall–Kier alpha value is -1.68. The molecular formula is C12H14FN3. The van der Waals surface area contributed by atoms with Crippen LogP contribution in [0.5, 0.6) is 0 Å². The van der Waals surface area contributed by atoms with Crippen LogP contribution < -0.4 is 5.73 Å². The first-order valence-electron chi connectivity index (χ1n) is 5.15. The van der Waals surface area contributed by atoms with Crippen molar-refractivity contribution in [2.45, 2.75) is 19.9 Å². The molecule has 0 aliphatic rings. The first-order valence-corrected chi connectivity index (χ1v) is 5.15. The van der Waals surface area contributed by atoms with Crippen molar-refractivity contribution in [1.82, 2.24) is 9.55 Å². The minimum atomic E-state index is -0.349. The Bertz CT molecular complexity index is 503. The molecule has 0 aliphatic carbocycles. The summed E-state index contributed by atoms with van der Waals surface area (Å²) in [5.74, 6) is 0.535. The molecule has 0 unspecified atom stereocenters. The minimum absolute atomic E-state index is 0.277. The molecule has 1 atom stereocenters. The fraction of sp³-hybridized carbons (Fsp3) is 0.250. The zero-order chi connectivity index (χ0) is 11.7. The minimum Gasteiger partial charge on any atom is -0.324 e. The van der Waals surface area contributed by atoms with Crippen LogP contribution >= 0.6 is 0 Å². The number of imidazole rings is 1. The van der Waals surface area contributed by atoms with E-state index in [1.165, 1.54) is 6.07 Å². The summed E-state index contributed by atoms with van der Waals surface area (Å²) in [7, 11) is 0. The topological polar surface area (TPSA) is 43.8 Å². The van der Waals surface area contributed by atoms with Crippen LogP contribution in [0.2, 0.25) is 0 Å². The molecule has 0 bridgehead atoms. The van der Waals surface area contributed by atoms with Gasteiger partial charge < -0.3 is 10.3 Å². The Balaban J connectivity index is 2.66. The van der Waals surface area contributed by atoms with E-state index in [0.717, 1.165) is 11.5 Å². The number of nitrogens with two attached hydrogens (primary N) is 1. The standard InChI is InChI=1S/C12H14FN3/c1-8(14)12-10(13)4-3-5-11(12)16-7-6-15-9(16)2/h3-8H,14H2,1-2H3/t8-/m0/s1. The van der Waals surface area contributed by atoms with Gasteiger partial charge in [0.15, 0.2) is 0 Å². The van der Waals surface area contributed by atoms with Crippen molar-refractivity contribution in [2.24, 2.45) is 5.73 Å². The normalized spacial score (nSPS) is 12.8. The van der Waals surface area contributed by atoms with Crippen LogP contribution in [0.4, 0.5) is 4.39 Å². The number of rotatable bonds is 2. The molecular weight excluding hydrogens is 205 g/mol. The van der Waals surface area contributed by atoms with Crippen LogP contribution in [0.1, 0.15) is 24.4 Å². The van der Waals surface area contributed by atoms with Crippen LogP contribution in [0, 0.1) is 12.7 Å². The van der Waals surface area contributed by atoms with Crippen LogP contribution in [-0.2, 0) is 0 Å². The van der Waals surface area contributed by atoms with Gasteiger partial charge in [0.1, 0.15) is 11.6 Å². The summed E-state index contributed by atoms with van der Waals surface area (Å²) in [6, 6.07) is 4.60. The highest BCUT2D eigenvalue weighted by atomic mass is 19.1. The second-order valence-electron chi connectivity index (χ2n) is 3.81. The summed E-state index contributed by atoms with van der Waals surface area (Å²) < 4.78 is 15.5. The lowest BCUT2D eigenvalue weighted by Gasteiger charge is -2.15. The van der Waals surface area contributed by atoms with Crippen molar-refractivity contribution in [1.29, 1.82) is 0 Å². The molecule has 0 saturated carbocycles. The molecule has 1 aromatic carbocycles. The molecule has 0 spiro atoms. The SMILES string of the molecule is Cc1nccn1-c1cccc(F)c1[C@H](C)N. The smallest absolute Gasteiger partial charge is 0.130 e. The average Bonchev–Trinajstić information content (AvgIpc) is 2.63. The molecule has 0 saturated heterocycles.